The van der Waals surface area contributed by atoms with Crippen molar-refractivity contribution in [3.63, 3.8) is 0 Å². The van der Waals surface area contributed by atoms with E-state index in [0.29, 0.717) is 18.2 Å². The molecule has 17 heavy (non-hydrogen) atoms. The predicted octanol–water partition coefficient (Wildman–Crippen LogP) is 0.907. The van der Waals surface area contributed by atoms with Gasteiger partial charge in [-0.3, -0.25) is 4.79 Å². The van der Waals surface area contributed by atoms with Gasteiger partial charge in [0.2, 0.25) is 5.91 Å². The second-order valence-corrected chi connectivity index (χ2v) is 4.68. The number of carbonyl (C=O) groups is 1. The third-order valence-corrected chi connectivity index (χ3v) is 2.93. The summed E-state index contributed by atoms with van der Waals surface area (Å²) in [5.41, 5.74) is 5.47. The van der Waals surface area contributed by atoms with E-state index in [-0.39, 0.29) is 11.9 Å². The minimum atomic E-state index is -0.0172. The van der Waals surface area contributed by atoms with Crippen LogP contribution in [0.5, 0.6) is 0 Å². The van der Waals surface area contributed by atoms with Gasteiger partial charge < -0.3 is 15.8 Å². The van der Waals surface area contributed by atoms with Gasteiger partial charge in [-0.15, -0.1) is 11.8 Å². The zero-order valence-electron chi connectivity index (χ0n) is 9.97. The quantitative estimate of drug-likeness (QED) is 0.739. The van der Waals surface area contributed by atoms with Crippen molar-refractivity contribution in [3.05, 3.63) is 18.3 Å². The molecule has 6 heteroatoms. The smallest absolute Gasteiger partial charge is 0.230 e. The summed E-state index contributed by atoms with van der Waals surface area (Å²) < 4.78 is 4.94. The van der Waals surface area contributed by atoms with Gasteiger partial charge in [0.25, 0.3) is 0 Å². The number of amides is 1. The van der Waals surface area contributed by atoms with Gasteiger partial charge in [-0.05, 0) is 19.1 Å². The number of pyridine rings is 1. The lowest BCUT2D eigenvalue weighted by Crippen LogP contribution is -2.36. The number of rotatable bonds is 6. The number of thioether (sulfide) groups is 1. The molecule has 1 heterocycles. The Hall–Kier alpha value is -1.27. The third kappa shape index (κ3) is 5.55. The molecule has 0 radical (unpaired) electrons. The predicted molar refractivity (Wildman–Crippen MR) is 68.9 cm³/mol. The lowest BCUT2D eigenvalue weighted by Gasteiger charge is -2.12. The maximum Gasteiger partial charge on any atom is 0.230 e. The van der Waals surface area contributed by atoms with Gasteiger partial charge >= 0.3 is 0 Å². The molecule has 0 aromatic carbocycles. The number of nitrogens with two attached hydrogens (primary N) is 1. The summed E-state index contributed by atoms with van der Waals surface area (Å²) in [4.78, 5) is 16.4. The van der Waals surface area contributed by atoms with Crippen LogP contribution in [0.1, 0.15) is 6.92 Å². The largest absolute Gasteiger partial charge is 0.384 e. The Kier molecular flexibility index (Phi) is 5.79. The molecule has 0 aliphatic rings. The van der Waals surface area contributed by atoms with Crippen molar-refractivity contribution in [2.24, 2.45) is 0 Å². The van der Waals surface area contributed by atoms with Gasteiger partial charge in [0, 0.05) is 24.2 Å². The molecule has 3 N–H and O–H groups in total. The molecule has 0 spiro atoms. The number of carbonyl (C=O) groups excluding carboxylic acids is 1. The number of nitrogen functional groups attached to an aromatic ring is 1. The van der Waals surface area contributed by atoms with Crippen LogP contribution in [-0.2, 0) is 9.53 Å². The number of nitrogens with one attached hydrogen (secondary N) is 1. The van der Waals surface area contributed by atoms with Crippen LogP contribution in [0, 0.1) is 0 Å². The van der Waals surface area contributed by atoms with E-state index in [2.05, 4.69) is 10.3 Å². The first kappa shape index (κ1) is 13.8. The van der Waals surface area contributed by atoms with Crippen molar-refractivity contribution in [3.8, 4) is 0 Å². The van der Waals surface area contributed by atoms with Crippen LogP contribution < -0.4 is 11.1 Å². The first-order chi connectivity index (χ1) is 8.11. The van der Waals surface area contributed by atoms with Crippen molar-refractivity contribution in [2.75, 3.05) is 25.2 Å². The lowest BCUT2D eigenvalue weighted by atomic mass is 10.3. The van der Waals surface area contributed by atoms with Crippen molar-refractivity contribution >= 4 is 23.5 Å². The molecular formula is C11H17N3O2S. The number of methoxy groups -OCH3 is 1. The van der Waals surface area contributed by atoms with Gasteiger partial charge in [-0.2, -0.15) is 0 Å². The summed E-state index contributed by atoms with van der Waals surface area (Å²) in [5, 5.41) is 2.83. The number of aromatic nitrogens is 1. The Balaban J connectivity index is 2.30. The maximum absolute atomic E-state index is 11.5. The maximum atomic E-state index is 11.5. The first-order valence-corrected chi connectivity index (χ1v) is 6.23. The normalized spacial score (nSPS) is 12.1. The topological polar surface area (TPSA) is 77.2 Å². The molecule has 1 aromatic rings. The number of nitrogens with zero attached hydrogens (tertiary/aromatic N) is 1. The molecule has 1 unspecified atom stereocenters. The minimum absolute atomic E-state index is 0.0172. The molecular weight excluding hydrogens is 238 g/mol. The Bertz CT molecular complexity index is 356. The highest BCUT2D eigenvalue weighted by atomic mass is 32.2. The summed E-state index contributed by atoms with van der Waals surface area (Å²) in [5.74, 6) is 0.823. The molecule has 1 rings (SSSR count). The van der Waals surface area contributed by atoms with Crippen LogP contribution in [0.25, 0.3) is 0 Å². The zero-order valence-corrected chi connectivity index (χ0v) is 10.8. The van der Waals surface area contributed by atoms with Crippen LogP contribution in [0.15, 0.2) is 23.2 Å². The van der Waals surface area contributed by atoms with Gasteiger partial charge in [0.15, 0.2) is 0 Å². The molecule has 0 aliphatic heterocycles. The van der Waals surface area contributed by atoms with Crippen molar-refractivity contribution in [1.82, 2.24) is 10.3 Å². The van der Waals surface area contributed by atoms with Crippen molar-refractivity contribution < 1.29 is 9.53 Å². The van der Waals surface area contributed by atoms with Crippen LogP contribution in [0.2, 0.25) is 0 Å². The van der Waals surface area contributed by atoms with Crippen LogP contribution >= 0.6 is 11.8 Å². The molecule has 1 amide bonds. The lowest BCUT2D eigenvalue weighted by molar-refractivity contribution is -0.119. The highest BCUT2D eigenvalue weighted by molar-refractivity contribution is 8.00. The summed E-state index contributed by atoms with van der Waals surface area (Å²) in [7, 11) is 1.61. The Morgan fingerprint density at radius 2 is 2.41 bits per heavy atom. The van der Waals surface area contributed by atoms with Gasteiger partial charge in [0.1, 0.15) is 5.82 Å². The van der Waals surface area contributed by atoms with E-state index < -0.39 is 0 Å². The second kappa shape index (κ2) is 7.13. The average molecular weight is 255 g/mol. The highest BCUT2D eigenvalue weighted by Gasteiger charge is 2.07. The Morgan fingerprint density at radius 3 is 3.00 bits per heavy atom. The van der Waals surface area contributed by atoms with E-state index >= 15 is 0 Å². The fraction of sp³-hybridized carbons (Fsp3) is 0.455. The highest BCUT2D eigenvalue weighted by Crippen LogP contribution is 2.16. The van der Waals surface area contributed by atoms with E-state index in [1.807, 2.05) is 13.0 Å². The summed E-state index contributed by atoms with van der Waals surface area (Å²) in [6.07, 6.45) is 1.66. The van der Waals surface area contributed by atoms with Crippen LogP contribution in [0.4, 0.5) is 5.82 Å². The van der Waals surface area contributed by atoms with Gasteiger partial charge in [0.05, 0.1) is 12.4 Å². The molecule has 0 fully saturated rings. The van der Waals surface area contributed by atoms with E-state index in [9.17, 15) is 4.79 Å². The van der Waals surface area contributed by atoms with Gasteiger partial charge in [-0.25, -0.2) is 4.98 Å². The Labute approximate surface area is 105 Å². The molecule has 5 nitrogen and oxygen atoms in total. The van der Waals surface area contributed by atoms with E-state index in [0.717, 1.165) is 4.90 Å². The van der Waals surface area contributed by atoms with E-state index in [1.165, 1.54) is 11.8 Å². The molecule has 0 aliphatic carbocycles. The monoisotopic (exact) mass is 255 g/mol. The fourth-order valence-electron chi connectivity index (χ4n) is 1.23. The number of anilines is 1. The molecule has 0 saturated heterocycles. The van der Waals surface area contributed by atoms with Crippen molar-refractivity contribution in [2.45, 2.75) is 17.9 Å². The minimum Gasteiger partial charge on any atom is -0.384 e. The number of hydrogen-bond donors (Lipinski definition) is 2. The average Bonchev–Trinajstić information content (AvgIpc) is 2.28. The molecule has 0 saturated carbocycles. The van der Waals surface area contributed by atoms with E-state index in [1.54, 1.807) is 19.4 Å². The molecule has 94 valence electrons. The van der Waals surface area contributed by atoms with Crippen LogP contribution in [-0.4, -0.2) is 36.4 Å². The standard InChI is InChI=1S/C11H17N3O2S/c1-8(6-16-2)14-11(15)7-17-9-3-4-10(12)13-5-9/h3-5,8H,6-7H2,1-2H3,(H2,12,13)(H,14,15). The third-order valence-electron chi connectivity index (χ3n) is 1.95. The SMILES string of the molecule is COCC(C)NC(=O)CSc1ccc(N)nc1. The number of ether oxygens (including phenoxy) is 1. The zero-order chi connectivity index (χ0) is 12.7. The molecule has 0 bridgehead atoms. The summed E-state index contributed by atoms with van der Waals surface area (Å²) >= 11 is 1.43. The summed E-state index contributed by atoms with van der Waals surface area (Å²) in [6.45, 7) is 2.41. The second-order valence-electron chi connectivity index (χ2n) is 3.63. The van der Waals surface area contributed by atoms with Crippen LogP contribution in [0.3, 0.4) is 0 Å². The van der Waals surface area contributed by atoms with Crippen molar-refractivity contribution in [1.29, 1.82) is 0 Å². The Morgan fingerprint density at radius 1 is 1.65 bits per heavy atom. The fourth-order valence-corrected chi connectivity index (χ4v) is 1.91. The summed E-state index contributed by atoms with van der Waals surface area (Å²) in [6, 6.07) is 3.59. The first-order valence-electron chi connectivity index (χ1n) is 5.24. The number of hydrogen-bond acceptors (Lipinski definition) is 5. The van der Waals surface area contributed by atoms with Gasteiger partial charge in [-0.1, -0.05) is 0 Å². The molecule has 1 atom stereocenters. The van der Waals surface area contributed by atoms with E-state index in [4.69, 9.17) is 10.5 Å². The molecule has 1 aromatic heterocycles.